The molecule has 0 spiro atoms. The molecule has 0 aliphatic carbocycles. The zero-order chi connectivity index (χ0) is 19.5. The molecular weight excluding hydrogens is 362 g/mol. The van der Waals surface area contributed by atoms with Gasteiger partial charge in [0.05, 0.1) is 6.04 Å². The lowest BCUT2D eigenvalue weighted by atomic mass is 10.1. The topological polar surface area (TPSA) is 114 Å². The largest absolute Gasteiger partial charge is 0.486 e. The quantitative estimate of drug-likeness (QED) is 0.719. The number of benzene rings is 1. The summed E-state index contributed by atoms with van der Waals surface area (Å²) in [6.07, 6.45) is 2.86. The van der Waals surface area contributed by atoms with Crippen molar-refractivity contribution in [3.63, 3.8) is 0 Å². The van der Waals surface area contributed by atoms with E-state index in [-0.39, 0.29) is 24.1 Å². The summed E-state index contributed by atoms with van der Waals surface area (Å²) in [6.45, 7) is 2.42. The van der Waals surface area contributed by atoms with E-state index < -0.39 is 5.56 Å². The summed E-state index contributed by atoms with van der Waals surface area (Å²) in [5.74, 6) is 0.635. The van der Waals surface area contributed by atoms with Crippen molar-refractivity contribution >= 4 is 5.91 Å². The molecule has 1 fully saturated rings. The molecular formula is C19H19N5O4. The highest BCUT2D eigenvalue weighted by Gasteiger charge is 2.35. The number of carbonyl (C=O) groups excluding carboxylic acids is 1. The fourth-order valence-corrected chi connectivity index (χ4v) is 3.32. The molecule has 28 heavy (non-hydrogen) atoms. The Morgan fingerprint density at radius 2 is 2.14 bits per heavy atom. The first-order valence-corrected chi connectivity index (χ1v) is 8.99. The molecule has 4 rings (SSSR count). The van der Waals surface area contributed by atoms with Gasteiger partial charge >= 0.3 is 0 Å². The SMILES string of the molecule is Cc1nonc1C1CCCN1C(=O)c1cnc(COc2ccccc2)[nH]c1=O. The van der Waals surface area contributed by atoms with Gasteiger partial charge in [-0.3, -0.25) is 9.59 Å². The van der Waals surface area contributed by atoms with Crippen molar-refractivity contribution in [2.24, 2.45) is 0 Å². The van der Waals surface area contributed by atoms with Gasteiger partial charge < -0.3 is 14.6 Å². The fourth-order valence-electron chi connectivity index (χ4n) is 3.32. The van der Waals surface area contributed by atoms with Gasteiger partial charge in [-0.2, -0.15) is 0 Å². The molecule has 9 nitrogen and oxygen atoms in total. The lowest BCUT2D eigenvalue weighted by Crippen LogP contribution is -2.35. The maximum atomic E-state index is 12.9. The standard InChI is InChI=1S/C19H19N5O4/c1-12-17(23-28-22-12)15-8-5-9-24(15)19(26)14-10-20-16(21-18(14)25)11-27-13-6-3-2-4-7-13/h2-4,6-7,10,15H,5,8-9,11H2,1H3,(H,20,21,25). The number of amides is 1. The van der Waals surface area contributed by atoms with Gasteiger partial charge in [-0.15, -0.1) is 0 Å². The van der Waals surface area contributed by atoms with Crippen molar-refractivity contribution < 1.29 is 14.2 Å². The van der Waals surface area contributed by atoms with Crippen LogP contribution in [-0.4, -0.2) is 37.6 Å². The maximum Gasteiger partial charge on any atom is 0.263 e. The van der Waals surface area contributed by atoms with E-state index in [2.05, 4.69) is 20.3 Å². The zero-order valence-electron chi connectivity index (χ0n) is 15.3. The molecule has 3 heterocycles. The number of nitrogens with zero attached hydrogens (tertiary/aromatic N) is 4. The molecule has 1 aromatic carbocycles. The Morgan fingerprint density at radius 1 is 1.32 bits per heavy atom. The second kappa shape index (κ2) is 7.63. The van der Waals surface area contributed by atoms with E-state index >= 15 is 0 Å². The number of carbonyl (C=O) groups is 1. The van der Waals surface area contributed by atoms with E-state index in [1.165, 1.54) is 6.20 Å². The van der Waals surface area contributed by atoms with Gasteiger partial charge in [-0.25, -0.2) is 9.61 Å². The van der Waals surface area contributed by atoms with Crippen LogP contribution in [0.3, 0.4) is 0 Å². The van der Waals surface area contributed by atoms with Crippen LogP contribution in [0.1, 0.15) is 46.5 Å². The minimum absolute atomic E-state index is 0.00975. The monoisotopic (exact) mass is 381 g/mol. The van der Waals surface area contributed by atoms with E-state index in [0.717, 1.165) is 12.8 Å². The average molecular weight is 381 g/mol. The number of hydrogen-bond donors (Lipinski definition) is 1. The highest BCUT2D eigenvalue weighted by Crippen LogP contribution is 2.32. The van der Waals surface area contributed by atoms with Gasteiger partial charge in [0.25, 0.3) is 11.5 Å². The van der Waals surface area contributed by atoms with Gasteiger partial charge in [-0.1, -0.05) is 28.5 Å². The first-order valence-electron chi connectivity index (χ1n) is 8.99. The Bertz CT molecular complexity index is 1030. The lowest BCUT2D eigenvalue weighted by Gasteiger charge is -2.22. The Hall–Kier alpha value is -3.49. The number of aryl methyl sites for hydroxylation is 1. The molecule has 144 valence electrons. The predicted octanol–water partition coefficient (Wildman–Crippen LogP) is 2.02. The van der Waals surface area contributed by atoms with Crippen LogP contribution in [0, 0.1) is 6.92 Å². The highest BCUT2D eigenvalue weighted by atomic mass is 16.6. The summed E-state index contributed by atoms with van der Waals surface area (Å²) in [4.78, 5) is 33.8. The number of para-hydroxylation sites is 1. The van der Waals surface area contributed by atoms with Crippen LogP contribution in [0.5, 0.6) is 5.75 Å². The van der Waals surface area contributed by atoms with E-state index in [0.29, 0.717) is 29.5 Å². The smallest absolute Gasteiger partial charge is 0.263 e. The number of likely N-dealkylation sites (tertiary alicyclic amines) is 1. The van der Waals surface area contributed by atoms with Crippen LogP contribution in [0.4, 0.5) is 0 Å². The molecule has 0 bridgehead atoms. The number of rotatable bonds is 5. The minimum Gasteiger partial charge on any atom is -0.486 e. The van der Waals surface area contributed by atoms with Crippen LogP contribution in [0.15, 0.2) is 46.0 Å². The third-order valence-electron chi connectivity index (χ3n) is 4.72. The molecule has 9 heteroatoms. The molecule has 3 aromatic rings. The third-order valence-corrected chi connectivity index (χ3v) is 4.72. The highest BCUT2D eigenvalue weighted by molar-refractivity contribution is 5.94. The Labute approximate surface area is 160 Å². The molecule has 1 saturated heterocycles. The maximum absolute atomic E-state index is 12.9. The minimum atomic E-state index is -0.493. The van der Waals surface area contributed by atoms with Gasteiger partial charge in [0.1, 0.15) is 35.1 Å². The lowest BCUT2D eigenvalue weighted by molar-refractivity contribution is 0.0727. The van der Waals surface area contributed by atoms with Crippen molar-refractivity contribution in [1.29, 1.82) is 0 Å². The van der Waals surface area contributed by atoms with Crippen molar-refractivity contribution in [2.45, 2.75) is 32.4 Å². The summed E-state index contributed by atoms with van der Waals surface area (Å²) in [5, 5.41) is 7.70. The van der Waals surface area contributed by atoms with Crippen LogP contribution >= 0.6 is 0 Å². The van der Waals surface area contributed by atoms with Gasteiger partial charge in [0.2, 0.25) is 0 Å². The van der Waals surface area contributed by atoms with Crippen LogP contribution in [-0.2, 0) is 6.61 Å². The second-order valence-corrected chi connectivity index (χ2v) is 6.57. The van der Waals surface area contributed by atoms with E-state index in [1.807, 2.05) is 30.3 Å². The number of hydrogen-bond acceptors (Lipinski definition) is 7. The number of aromatic amines is 1. The van der Waals surface area contributed by atoms with Crippen LogP contribution < -0.4 is 10.3 Å². The summed E-state index contributed by atoms with van der Waals surface area (Å²) in [6, 6.07) is 8.96. The van der Waals surface area contributed by atoms with Crippen molar-refractivity contribution in [3.8, 4) is 5.75 Å². The van der Waals surface area contributed by atoms with Crippen LogP contribution in [0.25, 0.3) is 0 Å². The first-order chi connectivity index (χ1) is 13.6. The average Bonchev–Trinajstić information content (AvgIpc) is 3.35. The Morgan fingerprint density at radius 3 is 2.86 bits per heavy atom. The first kappa shape index (κ1) is 17.9. The van der Waals surface area contributed by atoms with Gasteiger partial charge in [0.15, 0.2) is 0 Å². The van der Waals surface area contributed by atoms with Crippen LogP contribution in [0.2, 0.25) is 0 Å². The normalized spacial score (nSPS) is 16.3. The fraction of sp³-hybridized carbons (Fsp3) is 0.316. The van der Waals surface area contributed by atoms with E-state index in [1.54, 1.807) is 11.8 Å². The predicted molar refractivity (Wildman–Crippen MR) is 97.7 cm³/mol. The zero-order valence-corrected chi connectivity index (χ0v) is 15.3. The van der Waals surface area contributed by atoms with Gasteiger partial charge in [-0.05, 0) is 31.9 Å². The molecule has 1 aliphatic heterocycles. The molecule has 1 atom stereocenters. The number of aromatic nitrogens is 4. The molecule has 1 amide bonds. The van der Waals surface area contributed by atoms with Crippen molar-refractivity contribution in [2.75, 3.05) is 6.54 Å². The van der Waals surface area contributed by atoms with Gasteiger partial charge in [0, 0.05) is 12.7 Å². The van der Waals surface area contributed by atoms with E-state index in [9.17, 15) is 9.59 Å². The number of H-pyrrole nitrogens is 1. The Balaban J connectivity index is 1.50. The van der Waals surface area contributed by atoms with E-state index in [4.69, 9.17) is 9.37 Å². The summed E-state index contributed by atoms with van der Waals surface area (Å²) in [7, 11) is 0. The molecule has 1 N–H and O–H groups in total. The summed E-state index contributed by atoms with van der Waals surface area (Å²) >= 11 is 0. The summed E-state index contributed by atoms with van der Waals surface area (Å²) in [5.41, 5.74) is 0.769. The number of ether oxygens (including phenoxy) is 1. The number of nitrogens with one attached hydrogen (secondary N) is 1. The molecule has 0 saturated carbocycles. The Kier molecular flexibility index (Phi) is 4.88. The molecule has 1 aliphatic rings. The molecule has 2 aromatic heterocycles. The molecule has 1 unspecified atom stereocenters. The van der Waals surface area contributed by atoms with Crippen molar-refractivity contribution in [3.05, 3.63) is 69.7 Å². The summed E-state index contributed by atoms with van der Waals surface area (Å²) < 4.78 is 10.3. The second-order valence-electron chi connectivity index (χ2n) is 6.57. The van der Waals surface area contributed by atoms with Crippen molar-refractivity contribution in [1.82, 2.24) is 25.2 Å². The molecule has 0 radical (unpaired) electrons. The third kappa shape index (κ3) is 3.51.